The highest BCUT2D eigenvalue weighted by molar-refractivity contribution is 7.07. The van der Waals surface area contributed by atoms with E-state index >= 15 is 0 Å². The first-order valence-corrected chi connectivity index (χ1v) is 8.86. The Bertz CT molecular complexity index is 692. The van der Waals surface area contributed by atoms with Gasteiger partial charge < -0.3 is 9.84 Å². The number of nitrogens with zero attached hydrogens (tertiary/aromatic N) is 2. The van der Waals surface area contributed by atoms with Gasteiger partial charge in [0, 0.05) is 12.6 Å². The molecule has 128 valence electrons. The molecule has 0 aromatic carbocycles. The Balaban J connectivity index is 1.57. The summed E-state index contributed by atoms with van der Waals surface area (Å²) in [6.45, 7) is 4.15. The maximum atomic E-state index is 12.0. The summed E-state index contributed by atoms with van der Waals surface area (Å²) >= 11 is 1.63. The van der Waals surface area contributed by atoms with Crippen molar-refractivity contribution in [3.8, 4) is 0 Å². The van der Waals surface area contributed by atoms with Gasteiger partial charge in [0.05, 0.1) is 6.04 Å². The van der Waals surface area contributed by atoms with Crippen molar-refractivity contribution < 1.29 is 14.1 Å². The molecule has 2 aromatic heterocycles. The fourth-order valence-corrected chi connectivity index (χ4v) is 3.55. The van der Waals surface area contributed by atoms with Crippen molar-refractivity contribution in [1.29, 1.82) is 0 Å². The lowest BCUT2D eigenvalue weighted by atomic mass is 10.1. The SMILES string of the molecule is Cc1cc(NC(=O)C(=O)NCC(c2ccsc2)N2CCCC2)no1. The second-order valence-corrected chi connectivity index (χ2v) is 6.58. The Hall–Kier alpha value is -2.19. The number of aryl methyl sites for hydroxylation is 1. The van der Waals surface area contributed by atoms with Gasteiger partial charge in [-0.1, -0.05) is 5.16 Å². The van der Waals surface area contributed by atoms with E-state index in [1.807, 2.05) is 5.38 Å². The van der Waals surface area contributed by atoms with Crippen molar-refractivity contribution in [1.82, 2.24) is 15.4 Å². The summed E-state index contributed by atoms with van der Waals surface area (Å²) in [4.78, 5) is 26.3. The number of likely N-dealkylation sites (tertiary alicyclic amines) is 1. The predicted octanol–water partition coefficient (Wildman–Crippen LogP) is 1.94. The first-order chi connectivity index (χ1) is 11.6. The molecule has 1 aliphatic heterocycles. The third-order valence-electron chi connectivity index (χ3n) is 4.04. The molecule has 1 fully saturated rings. The van der Waals surface area contributed by atoms with Crippen molar-refractivity contribution in [2.24, 2.45) is 0 Å². The third-order valence-corrected chi connectivity index (χ3v) is 4.74. The lowest BCUT2D eigenvalue weighted by molar-refractivity contribution is -0.136. The molecule has 2 N–H and O–H groups in total. The van der Waals surface area contributed by atoms with E-state index in [1.54, 1.807) is 24.3 Å². The second kappa shape index (κ2) is 7.59. The summed E-state index contributed by atoms with van der Waals surface area (Å²) in [5.74, 6) is -0.609. The van der Waals surface area contributed by atoms with Gasteiger partial charge in [0.25, 0.3) is 0 Å². The van der Waals surface area contributed by atoms with Gasteiger partial charge in [0.2, 0.25) is 0 Å². The Kier molecular flexibility index (Phi) is 5.27. The van der Waals surface area contributed by atoms with Crippen LogP contribution in [0.5, 0.6) is 0 Å². The number of nitrogens with one attached hydrogen (secondary N) is 2. The van der Waals surface area contributed by atoms with Crippen LogP contribution in [-0.2, 0) is 9.59 Å². The molecule has 2 amide bonds. The largest absolute Gasteiger partial charge is 0.360 e. The molecular formula is C16H20N4O3S. The van der Waals surface area contributed by atoms with Crippen LogP contribution in [0.25, 0.3) is 0 Å². The summed E-state index contributed by atoms with van der Waals surface area (Å²) in [5, 5.41) is 12.9. The van der Waals surface area contributed by atoms with E-state index in [0.29, 0.717) is 12.3 Å². The topological polar surface area (TPSA) is 87.5 Å². The van der Waals surface area contributed by atoms with Crippen molar-refractivity contribution in [2.75, 3.05) is 25.0 Å². The molecule has 7 nitrogen and oxygen atoms in total. The zero-order valence-corrected chi connectivity index (χ0v) is 14.3. The number of hydrogen-bond donors (Lipinski definition) is 2. The fourth-order valence-electron chi connectivity index (χ4n) is 2.84. The third kappa shape index (κ3) is 4.01. The van der Waals surface area contributed by atoms with Crippen LogP contribution < -0.4 is 10.6 Å². The van der Waals surface area contributed by atoms with Gasteiger partial charge in [-0.15, -0.1) is 0 Å². The zero-order chi connectivity index (χ0) is 16.9. The number of aromatic nitrogens is 1. The van der Waals surface area contributed by atoms with E-state index in [2.05, 4.69) is 32.1 Å². The summed E-state index contributed by atoms with van der Waals surface area (Å²) in [7, 11) is 0. The first-order valence-electron chi connectivity index (χ1n) is 7.92. The molecule has 3 rings (SSSR count). The second-order valence-electron chi connectivity index (χ2n) is 5.80. The molecule has 8 heteroatoms. The molecule has 0 saturated carbocycles. The summed E-state index contributed by atoms with van der Waals surface area (Å²) < 4.78 is 4.86. The molecule has 2 aromatic rings. The number of carbonyl (C=O) groups excluding carboxylic acids is 2. The minimum absolute atomic E-state index is 0.102. The summed E-state index contributed by atoms with van der Waals surface area (Å²) in [6, 6.07) is 3.73. The molecule has 1 atom stereocenters. The fraction of sp³-hybridized carbons (Fsp3) is 0.438. The molecule has 1 aliphatic rings. The lowest BCUT2D eigenvalue weighted by Crippen LogP contribution is -2.41. The molecule has 0 bridgehead atoms. The van der Waals surface area contributed by atoms with Crippen LogP contribution >= 0.6 is 11.3 Å². The van der Waals surface area contributed by atoms with Gasteiger partial charge in [-0.3, -0.25) is 19.8 Å². The Morgan fingerprint density at radius 3 is 2.79 bits per heavy atom. The number of amides is 2. The van der Waals surface area contributed by atoms with Gasteiger partial charge in [-0.05, 0) is 55.2 Å². The average molecular weight is 348 g/mol. The van der Waals surface area contributed by atoms with E-state index in [1.165, 1.54) is 18.4 Å². The number of rotatable bonds is 5. The summed E-state index contributed by atoms with van der Waals surface area (Å²) in [5.41, 5.74) is 1.18. The van der Waals surface area contributed by atoms with Crippen LogP contribution in [0.2, 0.25) is 0 Å². The minimum Gasteiger partial charge on any atom is -0.360 e. The number of thiophene rings is 1. The van der Waals surface area contributed by atoms with Crippen molar-refractivity contribution in [3.05, 3.63) is 34.2 Å². The van der Waals surface area contributed by atoms with Gasteiger partial charge >= 0.3 is 11.8 Å². The smallest absolute Gasteiger partial charge is 0.314 e. The molecule has 3 heterocycles. The maximum absolute atomic E-state index is 12.0. The molecule has 24 heavy (non-hydrogen) atoms. The highest BCUT2D eigenvalue weighted by atomic mass is 32.1. The number of carbonyl (C=O) groups is 2. The Morgan fingerprint density at radius 2 is 2.17 bits per heavy atom. The highest BCUT2D eigenvalue weighted by Crippen LogP contribution is 2.26. The standard InChI is InChI=1S/C16H20N4O3S/c1-11-8-14(19-23-11)18-16(22)15(21)17-9-13(12-4-7-24-10-12)20-5-2-3-6-20/h4,7-8,10,13H,2-3,5-6,9H2,1H3,(H,17,21)(H,18,19,22). The van der Waals surface area contributed by atoms with E-state index in [4.69, 9.17) is 4.52 Å². The van der Waals surface area contributed by atoms with Crippen molar-refractivity contribution in [3.63, 3.8) is 0 Å². The Morgan fingerprint density at radius 1 is 1.38 bits per heavy atom. The van der Waals surface area contributed by atoms with Gasteiger partial charge in [-0.25, -0.2) is 0 Å². The van der Waals surface area contributed by atoms with Crippen LogP contribution in [0.4, 0.5) is 5.82 Å². The molecule has 1 saturated heterocycles. The van der Waals surface area contributed by atoms with E-state index < -0.39 is 11.8 Å². The molecule has 1 unspecified atom stereocenters. The minimum atomic E-state index is -0.742. The van der Waals surface area contributed by atoms with Crippen molar-refractivity contribution >= 4 is 29.0 Å². The first kappa shape index (κ1) is 16.7. The maximum Gasteiger partial charge on any atom is 0.314 e. The van der Waals surface area contributed by atoms with Crippen LogP contribution in [0.3, 0.4) is 0 Å². The van der Waals surface area contributed by atoms with Gasteiger partial charge in [-0.2, -0.15) is 11.3 Å². The number of hydrogen-bond acceptors (Lipinski definition) is 6. The highest BCUT2D eigenvalue weighted by Gasteiger charge is 2.25. The normalized spacial score (nSPS) is 16.0. The van der Waals surface area contributed by atoms with Crippen molar-refractivity contribution in [2.45, 2.75) is 25.8 Å². The molecule has 0 spiro atoms. The lowest BCUT2D eigenvalue weighted by Gasteiger charge is -2.27. The quantitative estimate of drug-likeness (QED) is 0.806. The number of anilines is 1. The zero-order valence-electron chi connectivity index (χ0n) is 13.4. The van der Waals surface area contributed by atoms with Crippen LogP contribution in [0.1, 0.15) is 30.2 Å². The molecule has 0 radical (unpaired) electrons. The molecular weight excluding hydrogens is 328 g/mol. The van der Waals surface area contributed by atoms with E-state index in [-0.39, 0.29) is 11.9 Å². The van der Waals surface area contributed by atoms with Gasteiger partial charge in [0.15, 0.2) is 5.82 Å². The van der Waals surface area contributed by atoms with E-state index in [9.17, 15) is 9.59 Å². The average Bonchev–Trinajstić information content (AvgIpc) is 3.30. The van der Waals surface area contributed by atoms with Crippen LogP contribution in [0, 0.1) is 6.92 Å². The van der Waals surface area contributed by atoms with E-state index in [0.717, 1.165) is 13.1 Å². The van der Waals surface area contributed by atoms with Gasteiger partial charge in [0.1, 0.15) is 5.76 Å². The Labute approximate surface area is 144 Å². The summed E-state index contributed by atoms with van der Waals surface area (Å²) in [6.07, 6.45) is 2.33. The monoisotopic (exact) mass is 348 g/mol. The molecule has 0 aliphatic carbocycles. The predicted molar refractivity (Wildman–Crippen MR) is 90.7 cm³/mol. The van der Waals surface area contributed by atoms with Crippen LogP contribution in [0.15, 0.2) is 27.4 Å². The van der Waals surface area contributed by atoms with Crippen LogP contribution in [-0.4, -0.2) is 41.5 Å².